The van der Waals surface area contributed by atoms with Gasteiger partial charge in [-0.15, -0.1) is 0 Å². The molecule has 0 aliphatic carbocycles. The van der Waals surface area contributed by atoms with Crippen molar-refractivity contribution in [3.63, 3.8) is 0 Å². The molecule has 0 atom stereocenters. The molecule has 0 aromatic heterocycles. The SMILES string of the molecule is O=S(=O)(Nc1cc(Cl)cc(Cl)c1)c1cc(CO)ccc1F. The van der Waals surface area contributed by atoms with E-state index in [1.165, 1.54) is 24.3 Å². The van der Waals surface area contributed by atoms with Crippen LogP contribution >= 0.6 is 23.2 Å². The minimum absolute atomic E-state index is 0.112. The molecule has 2 aromatic carbocycles. The minimum Gasteiger partial charge on any atom is -0.392 e. The van der Waals surface area contributed by atoms with Gasteiger partial charge in [0.1, 0.15) is 10.7 Å². The zero-order valence-electron chi connectivity index (χ0n) is 10.5. The zero-order valence-corrected chi connectivity index (χ0v) is 12.8. The molecule has 0 radical (unpaired) electrons. The van der Waals surface area contributed by atoms with E-state index in [2.05, 4.69) is 4.72 Å². The Hall–Kier alpha value is -1.34. The molecular weight excluding hydrogens is 340 g/mol. The number of aliphatic hydroxyl groups excluding tert-OH is 1. The summed E-state index contributed by atoms with van der Waals surface area (Å²) in [5, 5.41) is 9.49. The molecular formula is C13H10Cl2FNO3S. The van der Waals surface area contributed by atoms with Gasteiger partial charge in [-0.1, -0.05) is 29.3 Å². The smallest absolute Gasteiger partial charge is 0.264 e. The summed E-state index contributed by atoms with van der Waals surface area (Å²) in [5.74, 6) is -0.923. The van der Waals surface area contributed by atoms with Gasteiger partial charge in [0.2, 0.25) is 0 Å². The van der Waals surface area contributed by atoms with Crippen molar-refractivity contribution in [1.29, 1.82) is 0 Å². The van der Waals surface area contributed by atoms with Crippen molar-refractivity contribution in [2.75, 3.05) is 4.72 Å². The third kappa shape index (κ3) is 3.85. The van der Waals surface area contributed by atoms with Crippen LogP contribution < -0.4 is 4.72 Å². The molecule has 0 saturated heterocycles. The van der Waals surface area contributed by atoms with Gasteiger partial charge >= 0.3 is 0 Å². The van der Waals surface area contributed by atoms with Crippen LogP contribution in [0.5, 0.6) is 0 Å². The van der Waals surface area contributed by atoms with Gasteiger partial charge in [-0.25, -0.2) is 12.8 Å². The Morgan fingerprint density at radius 2 is 1.71 bits per heavy atom. The number of aliphatic hydroxyl groups is 1. The molecule has 0 spiro atoms. The highest BCUT2D eigenvalue weighted by Crippen LogP contribution is 2.25. The fourth-order valence-corrected chi connectivity index (χ4v) is 3.37. The standard InChI is InChI=1S/C13H10Cl2FNO3S/c14-9-4-10(15)6-11(5-9)17-21(19,20)13-3-8(7-18)1-2-12(13)16/h1-6,17-18H,7H2. The van der Waals surface area contributed by atoms with Crippen LogP contribution in [0.2, 0.25) is 10.0 Å². The van der Waals surface area contributed by atoms with Crippen LogP contribution in [0.3, 0.4) is 0 Å². The maximum atomic E-state index is 13.7. The topological polar surface area (TPSA) is 66.4 Å². The summed E-state index contributed by atoms with van der Waals surface area (Å²) >= 11 is 11.6. The van der Waals surface area contributed by atoms with E-state index in [0.29, 0.717) is 0 Å². The fourth-order valence-electron chi connectivity index (χ4n) is 1.67. The van der Waals surface area contributed by atoms with Gasteiger partial charge in [-0.05, 0) is 35.9 Å². The van der Waals surface area contributed by atoms with Gasteiger partial charge in [0, 0.05) is 10.0 Å². The van der Waals surface area contributed by atoms with Crippen LogP contribution in [0, 0.1) is 5.82 Å². The van der Waals surface area contributed by atoms with E-state index in [1.807, 2.05) is 0 Å². The summed E-state index contributed by atoms with van der Waals surface area (Å²) in [5.41, 5.74) is 0.391. The fraction of sp³-hybridized carbons (Fsp3) is 0.0769. The van der Waals surface area contributed by atoms with E-state index in [1.54, 1.807) is 0 Å². The van der Waals surface area contributed by atoms with Crippen molar-refractivity contribution in [2.24, 2.45) is 0 Å². The highest BCUT2D eigenvalue weighted by molar-refractivity contribution is 7.92. The quantitative estimate of drug-likeness (QED) is 0.888. The number of sulfonamides is 1. The monoisotopic (exact) mass is 349 g/mol. The summed E-state index contributed by atoms with van der Waals surface area (Å²) in [6.07, 6.45) is 0. The summed E-state index contributed by atoms with van der Waals surface area (Å²) in [4.78, 5) is -0.565. The Morgan fingerprint density at radius 1 is 1.10 bits per heavy atom. The van der Waals surface area contributed by atoms with Crippen molar-refractivity contribution in [3.05, 3.63) is 57.8 Å². The summed E-state index contributed by atoms with van der Waals surface area (Å²) in [6.45, 7) is -0.397. The van der Waals surface area contributed by atoms with Crippen LogP contribution in [0.25, 0.3) is 0 Å². The second-order valence-electron chi connectivity index (χ2n) is 4.19. The number of hydrogen-bond donors (Lipinski definition) is 2. The van der Waals surface area contributed by atoms with Crippen LogP contribution in [-0.4, -0.2) is 13.5 Å². The van der Waals surface area contributed by atoms with Crippen molar-refractivity contribution in [1.82, 2.24) is 0 Å². The Kier molecular flexibility index (Phi) is 4.73. The lowest BCUT2D eigenvalue weighted by Crippen LogP contribution is -2.15. The molecule has 0 saturated carbocycles. The van der Waals surface area contributed by atoms with Crippen LogP contribution in [0.1, 0.15) is 5.56 Å². The average molecular weight is 350 g/mol. The van der Waals surface area contributed by atoms with Gasteiger partial charge in [-0.2, -0.15) is 0 Å². The van der Waals surface area contributed by atoms with E-state index in [-0.39, 0.29) is 21.3 Å². The first-order valence-electron chi connectivity index (χ1n) is 5.70. The first-order chi connectivity index (χ1) is 9.81. The van der Waals surface area contributed by atoms with E-state index >= 15 is 0 Å². The Balaban J connectivity index is 2.42. The number of rotatable bonds is 4. The van der Waals surface area contributed by atoms with Gasteiger partial charge in [0.05, 0.1) is 12.3 Å². The predicted octanol–water partition coefficient (Wildman–Crippen LogP) is 3.43. The molecule has 0 aliphatic heterocycles. The van der Waals surface area contributed by atoms with E-state index in [9.17, 15) is 12.8 Å². The zero-order chi connectivity index (χ0) is 15.6. The molecule has 112 valence electrons. The molecule has 8 heteroatoms. The van der Waals surface area contributed by atoms with Gasteiger partial charge in [-0.3, -0.25) is 4.72 Å². The molecule has 0 unspecified atom stereocenters. The van der Waals surface area contributed by atoms with Crippen molar-refractivity contribution < 1.29 is 17.9 Å². The summed E-state index contributed by atoms with van der Waals surface area (Å²) in [6, 6.07) is 7.46. The van der Waals surface area contributed by atoms with Crippen LogP contribution in [-0.2, 0) is 16.6 Å². The lowest BCUT2D eigenvalue weighted by molar-refractivity contribution is 0.281. The second-order valence-corrected chi connectivity index (χ2v) is 6.71. The van der Waals surface area contributed by atoms with Crippen LogP contribution in [0.4, 0.5) is 10.1 Å². The third-order valence-electron chi connectivity index (χ3n) is 2.58. The summed E-state index contributed by atoms with van der Waals surface area (Å²) < 4.78 is 40.3. The third-order valence-corrected chi connectivity index (χ3v) is 4.42. The molecule has 2 N–H and O–H groups in total. The predicted molar refractivity (Wildman–Crippen MR) is 79.6 cm³/mol. The van der Waals surface area contributed by atoms with Gasteiger partial charge in [0.15, 0.2) is 0 Å². The maximum Gasteiger partial charge on any atom is 0.264 e. The molecule has 4 nitrogen and oxygen atoms in total. The van der Waals surface area contributed by atoms with E-state index in [0.717, 1.165) is 12.1 Å². The van der Waals surface area contributed by atoms with Crippen LogP contribution in [0.15, 0.2) is 41.3 Å². The van der Waals surface area contributed by atoms with Gasteiger partial charge < -0.3 is 5.11 Å². The highest BCUT2D eigenvalue weighted by atomic mass is 35.5. The number of benzene rings is 2. The lowest BCUT2D eigenvalue weighted by Gasteiger charge is -2.10. The molecule has 21 heavy (non-hydrogen) atoms. The first kappa shape index (κ1) is 16.0. The Labute approximate surface area is 131 Å². The number of hydrogen-bond acceptors (Lipinski definition) is 3. The summed E-state index contributed by atoms with van der Waals surface area (Å²) in [7, 11) is -4.16. The largest absolute Gasteiger partial charge is 0.392 e. The minimum atomic E-state index is -4.16. The molecule has 0 amide bonds. The Morgan fingerprint density at radius 3 is 2.29 bits per heavy atom. The van der Waals surface area contributed by atoms with E-state index < -0.39 is 27.3 Å². The average Bonchev–Trinajstić information content (AvgIpc) is 2.37. The lowest BCUT2D eigenvalue weighted by atomic mass is 10.2. The number of nitrogens with one attached hydrogen (secondary N) is 1. The normalized spacial score (nSPS) is 11.4. The highest BCUT2D eigenvalue weighted by Gasteiger charge is 2.20. The maximum absolute atomic E-state index is 13.7. The second kappa shape index (κ2) is 6.19. The first-order valence-corrected chi connectivity index (χ1v) is 7.94. The van der Waals surface area contributed by atoms with Gasteiger partial charge in [0.25, 0.3) is 10.0 Å². The molecule has 0 heterocycles. The number of anilines is 1. The van der Waals surface area contributed by atoms with E-state index in [4.69, 9.17) is 28.3 Å². The molecule has 2 aromatic rings. The van der Waals surface area contributed by atoms with Crippen molar-refractivity contribution >= 4 is 38.9 Å². The Bertz CT molecular complexity index is 761. The number of halogens is 3. The van der Waals surface area contributed by atoms with Crippen molar-refractivity contribution in [3.8, 4) is 0 Å². The molecule has 0 fully saturated rings. The molecule has 0 aliphatic rings. The molecule has 2 rings (SSSR count). The molecule has 0 bridgehead atoms. The van der Waals surface area contributed by atoms with Crippen molar-refractivity contribution in [2.45, 2.75) is 11.5 Å².